The first-order valence-corrected chi connectivity index (χ1v) is 62.5. The second-order valence-electron chi connectivity index (χ2n) is 41.8. The van der Waals surface area contributed by atoms with Crippen LogP contribution in [-0.4, -0.2) is 34.1 Å². The van der Waals surface area contributed by atoms with Gasteiger partial charge in [0.05, 0.1) is 4.47 Å². The van der Waals surface area contributed by atoms with E-state index >= 15 is 0 Å². The fourth-order valence-electron chi connectivity index (χ4n) is 20.3. The smallest absolute Gasteiger partial charge is 0.131 e. The molecule has 16 aromatic rings. The van der Waals surface area contributed by atoms with Gasteiger partial charge in [0.15, 0.2) is 0 Å². The molecule has 0 saturated heterocycles. The summed E-state index contributed by atoms with van der Waals surface area (Å²) < 4.78 is 26.1. The van der Waals surface area contributed by atoms with Gasteiger partial charge in [-0.15, -0.1) is 0 Å². The molecule has 13 aromatic carbocycles. The number of aromatic nitrogens is 3. The fourth-order valence-corrected chi connectivity index (χ4v) is 30.0. The molecule has 149 heavy (non-hydrogen) atoms. The number of phenolic OH excluding ortho intramolecular Hbond substituents is 3. The van der Waals surface area contributed by atoms with Gasteiger partial charge in [-0.25, -0.2) is 0 Å². The number of fused-ring (bicyclic) bond motifs is 2. The van der Waals surface area contributed by atoms with Crippen molar-refractivity contribution in [2.75, 3.05) is 0 Å². The number of hydrogen-bond acceptors (Lipinski definition) is 6. The van der Waals surface area contributed by atoms with E-state index in [4.69, 9.17) is 30.2 Å². The van der Waals surface area contributed by atoms with Crippen LogP contribution in [0.1, 0.15) is 202 Å². The van der Waals surface area contributed by atoms with Crippen molar-refractivity contribution < 1.29 is 69.1 Å². The molecule has 3 aromatic heterocycles. The van der Waals surface area contributed by atoms with Crippen molar-refractivity contribution in [3.8, 4) is 84.0 Å². The summed E-state index contributed by atoms with van der Waals surface area (Å²) in [6, 6.07) is 104. The second kappa shape index (κ2) is 55.5. The van der Waals surface area contributed by atoms with Gasteiger partial charge in [0.25, 0.3) is 0 Å². The molecule has 0 aliphatic heterocycles. The van der Waals surface area contributed by atoms with E-state index in [0.29, 0.717) is 32.8 Å². The normalized spacial score (nSPS) is 15.3. The second-order valence-corrected chi connectivity index (χ2v) is 51.4. The average molecular weight is 2610 g/mol. The molecule has 3 N–H and O–H groups in total. The summed E-state index contributed by atoms with van der Waals surface area (Å²) in [6.45, 7) is 36.2. The summed E-state index contributed by atoms with van der Waals surface area (Å²) in [5.74, 6) is 4.10. The van der Waals surface area contributed by atoms with E-state index in [1.807, 2.05) is 255 Å². The van der Waals surface area contributed by atoms with Crippen LogP contribution in [0.3, 0.4) is 0 Å². The monoisotopic (exact) mass is 2610 g/mol. The minimum Gasteiger partial charge on any atom is -0.507 e. The molecule has 4 fully saturated rings. The Morgan fingerprint density at radius 3 is 1.11 bits per heavy atom. The number of nitrogens with zero attached hydrogens (tertiary/aromatic N) is 6. The molecule has 774 valence electrons. The molecule has 0 atom stereocenters. The molecule has 4 saturated carbocycles. The Kier molecular flexibility index (Phi) is 43.5. The molecule has 0 amide bonds. The molecule has 6 aliphatic rings. The number of halogens is 6. The van der Waals surface area contributed by atoms with Gasteiger partial charge in [0, 0.05) is 46.8 Å². The van der Waals surface area contributed by atoms with Crippen LogP contribution >= 0.6 is 86.9 Å². The van der Waals surface area contributed by atoms with Gasteiger partial charge in [0.2, 0.25) is 0 Å². The van der Waals surface area contributed by atoms with Crippen molar-refractivity contribution in [3.63, 3.8) is 0 Å². The van der Waals surface area contributed by atoms with E-state index in [0.717, 1.165) is 163 Å². The van der Waals surface area contributed by atoms with E-state index in [2.05, 4.69) is 268 Å². The van der Waals surface area contributed by atoms with Crippen LogP contribution in [0.5, 0.6) is 17.2 Å². The Morgan fingerprint density at radius 1 is 0.362 bits per heavy atom. The number of aryl methyl sites for hydroxylation is 10. The number of rotatable bonds is 13. The maximum Gasteiger partial charge on any atom is 0.131 e. The minimum atomic E-state index is -0.850. The summed E-state index contributed by atoms with van der Waals surface area (Å²) in [5.41, 5.74) is 34.7. The third kappa shape index (κ3) is 32.9. The first-order valence-electron chi connectivity index (χ1n) is 51.5. The maximum absolute atomic E-state index is 11.4. The molecule has 9 nitrogen and oxygen atoms in total. The molecular weight excluding hydrogens is 2470 g/mol. The van der Waals surface area contributed by atoms with Crippen molar-refractivity contribution in [3.05, 3.63) is 427 Å². The SMILES string of the molecule is CC(C)(C)[CH]=[W]=[N]c1c(Cl)cccc1Cl.CC(C)([CH]=[Mo]=[N]C12CC3CC(CC(C3)C1)C2)c1ccccc1.Cc1c(Br)c(-c2ccccc2)c(-c2ccccc2)c(O)c1-c1ccccc1.Cc1c(Br)cc2c(c1-c1c(O)c(Br)cc3c1CCCC3)CCCC2.Cc1ccc(C)[n-]1.Cc1ccc(C)[n-]1.Cc1ccc(C)[n-]1.Cc1cccc(C)c1[N]=[Mo]=[CH]C(C)(C)c1ccccc1.Oc1c(-c2ccccc2)cc(Br)cc1-c1ccccc1. The third-order valence-corrected chi connectivity index (χ3v) is 40.3. The van der Waals surface area contributed by atoms with Crippen molar-refractivity contribution in [1.82, 2.24) is 15.0 Å². The van der Waals surface area contributed by atoms with E-state index in [-0.39, 0.29) is 34.2 Å². The largest absolute Gasteiger partial charge is 0.507 e. The molecule has 22 rings (SSSR count). The van der Waals surface area contributed by atoms with Gasteiger partial charge in [-0.3, -0.25) is 0 Å². The van der Waals surface area contributed by atoms with Gasteiger partial charge in [-0.1, -0.05) is 261 Å². The predicted octanol–water partition coefficient (Wildman–Crippen LogP) is 38.1. The molecule has 18 heteroatoms. The maximum atomic E-state index is 11.4. The number of aromatic hydroxyl groups is 3. The summed E-state index contributed by atoms with van der Waals surface area (Å²) >= 11 is 25.1. The molecule has 4 bridgehead atoms. The third-order valence-electron chi connectivity index (χ3n) is 27.6. The molecule has 0 spiro atoms. The van der Waals surface area contributed by atoms with Crippen LogP contribution in [0.2, 0.25) is 10.0 Å². The van der Waals surface area contributed by atoms with Crippen LogP contribution in [-0.2, 0) is 90.3 Å². The van der Waals surface area contributed by atoms with Gasteiger partial charge in [-0.05, 0) is 188 Å². The van der Waals surface area contributed by atoms with Crippen molar-refractivity contribution in [2.45, 2.75) is 224 Å². The number of benzene rings is 13. The van der Waals surface area contributed by atoms with Gasteiger partial charge < -0.3 is 30.3 Å². The van der Waals surface area contributed by atoms with E-state index in [1.54, 1.807) is 0 Å². The zero-order valence-electron chi connectivity index (χ0n) is 88.8. The molecular formula is C131H139Br4Cl2Mo2N6O3W-3. The Morgan fingerprint density at radius 2 is 0.718 bits per heavy atom. The first-order chi connectivity index (χ1) is 71.3. The van der Waals surface area contributed by atoms with Gasteiger partial charge in [0.1, 0.15) is 17.2 Å². The van der Waals surface area contributed by atoms with Crippen LogP contribution in [0.15, 0.2) is 338 Å². The van der Waals surface area contributed by atoms with Crippen LogP contribution in [0, 0.1) is 92.4 Å². The average Bonchev–Trinajstić information content (AvgIpc) is 1.24. The molecule has 0 unspecified atom stereocenters. The molecule has 0 radical (unpaired) electrons. The quantitative estimate of drug-likeness (QED) is 0.0982. The standard InChI is InChI=1S/C25H19BrO.C21H22Br2O.C18H13BrO.C10H15N.2C10H12.C8H9N.C6H3Cl2N.3C6H8N.C5H10.2Mo.W/c1-17-21(18-11-5-2-6-12-18)25(27)23(20-15-9-4-10-16-20)22(24(17)26)19-13-7-3-8-14-19;1-12-17(22)10-13-6-2-4-8-15(13)19(12)20-16-9-5-3-7-14(16)11-18(23)21(20)24;19-15-11-16(13-7-3-1-4-8-13)18(20)17(12-15)14-9-5-2-6-10-14;11-10-4-7-1-8(5-10)3-9(2-7)6-10;2*1-10(2,3)9-7-5-4-6-8-9;1-6-4-3-5-7(2)8(6)9;7-4-2-1-3-5(8)6(4)9;3*1-5-3-4-6(2)7-5;1-5(2,3)4;;;/h2-16,27H,1H3;10-11,24H,2-9H2,1H3;1-12,20H;7-9H,1-6H2;2*1,4-8H,2-3H3;3-5H,1-2H3;1-3H;3*3-4H,1-2H3;1H,2-4H3;;;/q;;;;;;;;3*-1;;;;. The van der Waals surface area contributed by atoms with Crippen molar-refractivity contribution in [2.24, 2.45) is 33.7 Å². The Bertz CT molecular complexity index is 7040. The van der Waals surface area contributed by atoms with Gasteiger partial charge in [-0.2, -0.15) is 34.2 Å². The Labute approximate surface area is 954 Å². The number of phenols is 3. The van der Waals surface area contributed by atoms with E-state index in [1.165, 1.54) is 130 Å². The van der Waals surface area contributed by atoms with Crippen LogP contribution < -0.4 is 15.0 Å². The molecule has 3 heterocycles. The van der Waals surface area contributed by atoms with Crippen LogP contribution in [0.4, 0.5) is 11.4 Å². The van der Waals surface area contributed by atoms with Crippen molar-refractivity contribution in [1.29, 1.82) is 0 Å². The predicted molar refractivity (Wildman–Crippen MR) is 635 cm³/mol. The summed E-state index contributed by atoms with van der Waals surface area (Å²) in [7, 11) is 0. The molecule has 6 aliphatic carbocycles. The summed E-state index contributed by atoms with van der Waals surface area (Å²) in [6.07, 6.45) is 18.3. The number of hydrogen-bond donors (Lipinski definition) is 3. The van der Waals surface area contributed by atoms with Crippen molar-refractivity contribution >= 4 is 111 Å². The summed E-state index contributed by atoms with van der Waals surface area (Å²) in [5, 5.41) is 34.3. The summed E-state index contributed by atoms with van der Waals surface area (Å²) in [4.78, 5) is 12.3. The minimum absolute atomic E-state index is 0.101. The van der Waals surface area contributed by atoms with E-state index in [9.17, 15) is 15.3 Å². The topological polar surface area (TPSA) is 140 Å². The zero-order chi connectivity index (χ0) is 107. The van der Waals surface area contributed by atoms with E-state index < -0.39 is 35.8 Å². The van der Waals surface area contributed by atoms with Gasteiger partial charge >= 0.3 is 382 Å². The zero-order valence-corrected chi connectivity index (χ0v) is 104. The first kappa shape index (κ1) is 117. The van der Waals surface area contributed by atoms with Crippen LogP contribution in [0.25, 0.3) is 66.8 Å². The Hall–Kier alpha value is -9.33. The Balaban J connectivity index is 0.000000144. The fraction of sp³-hybridized carbons (Fsp3) is 0.290.